The van der Waals surface area contributed by atoms with Gasteiger partial charge in [0.2, 0.25) is 0 Å². The van der Waals surface area contributed by atoms with Gasteiger partial charge in [-0.3, -0.25) is 0 Å². The zero-order valence-electron chi connectivity index (χ0n) is 7.62. The third-order valence-corrected chi connectivity index (χ3v) is 2.16. The van der Waals surface area contributed by atoms with Gasteiger partial charge in [-0.1, -0.05) is 0 Å². The Morgan fingerprint density at radius 1 is 1.33 bits per heavy atom. The first-order chi connectivity index (χ1) is 6.21. The largest absolute Gasteiger partial charge is 0.416 e. The van der Waals surface area contributed by atoms with E-state index < -0.39 is 26.8 Å². The Labute approximate surface area is 106 Å². The van der Waals surface area contributed by atoms with Crippen LogP contribution in [0.15, 0.2) is 23.4 Å². The molecule has 1 radical (unpaired) electrons. The molecule has 9 heteroatoms. The van der Waals surface area contributed by atoms with Crippen LogP contribution in [0.4, 0.5) is 13.2 Å². The monoisotopic (exact) mass is 249 g/mol. The Hall–Kier alpha value is -0.150. The third kappa shape index (κ3) is 4.07. The summed E-state index contributed by atoms with van der Waals surface area (Å²) in [6.07, 6.45) is -3.87. The predicted molar refractivity (Wildman–Crippen MR) is 46.4 cm³/mol. The van der Waals surface area contributed by atoms with Crippen molar-refractivity contribution in [1.82, 2.24) is 4.98 Å². The number of nitrogens with two attached hydrogens (primary N) is 1. The molecule has 0 aliphatic heterocycles. The molecule has 0 bridgehead atoms. The van der Waals surface area contributed by atoms with E-state index in [1.54, 1.807) is 0 Å². The van der Waals surface area contributed by atoms with E-state index in [9.17, 15) is 21.6 Å². The summed E-state index contributed by atoms with van der Waals surface area (Å²) in [4.78, 5) is 3.21. The average Bonchev–Trinajstić information content (AvgIpc) is 2.01. The van der Waals surface area contributed by atoms with Crippen molar-refractivity contribution in [3.05, 3.63) is 23.9 Å². The molecule has 0 aliphatic rings. The summed E-state index contributed by atoms with van der Waals surface area (Å²) in [7, 11) is -4.20. The Morgan fingerprint density at radius 3 is 2.27 bits per heavy atom. The number of sulfonamides is 1. The van der Waals surface area contributed by atoms with E-state index in [0.717, 1.165) is 6.20 Å². The molecule has 0 spiro atoms. The third-order valence-electron chi connectivity index (χ3n) is 1.35. The molecule has 2 N–H and O–H groups in total. The van der Waals surface area contributed by atoms with Crippen molar-refractivity contribution in [2.45, 2.75) is 11.2 Å². The standard InChI is InChI=1S/C6H5F3N2O2S.Na/c7-6(8,9)4-1-2-11-5(3-4)14(10,12)13;/h1-3H,(H2,10,12,13);. The molecule has 0 aliphatic carbocycles. The molecule has 4 nitrogen and oxygen atoms in total. The number of primary sulfonamides is 1. The minimum atomic E-state index is -4.61. The second-order valence-electron chi connectivity index (χ2n) is 2.43. The van der Waals surface area contributed by atoms with E-state index in [0.29, 0.717) is 12.1 Å². The van der Waals surface area contributed by atoms with Gasteiger partial charge in [0.05, 0.1) is 5.56 Å². The van der Waals surface area contributed by atoms with Gasteiger partial charge in [-0.25, -0.2) is 18.5 Å². The Kier molecular flexibility index (Phi) is 4.74. The van der Waals surface area contributed by atoms with Crippen molar-refractivity contribution in [2.75, 3.05) is 0 Å². The SMILES string of the molecule is NS(=O)(=O)c1cc(C(F)(F)F)ccn1.[Na]. The number of aromatic nitrogens is 1. The van der Waals surface area contributed by atoms with Gasteiger partial charge in [-0.15, -0.1) is 0 Å². The molecule has 0 unspecified atom stereocenters. The Morgan fingerprint density at radius 2 is 1.87 bits per heavy atom. The Balaban J connectivity index is 0.00000196. The second-order valence-corrected chi connectivity index (χ2v) is 3.93. The van der Waals surface area contributed by atoms with Crippen molar-refractivity contribution >= 4 is 39.6 Å². The van der Waals surface area contributed by atoms with Crippen LogP contribution in [0.2, 0.25) is 0 Å². The van der Waals surface area contributed by atoms with Crippen LogP contribution < -0.4 is 5.14 Å². The Bertz CT molecular complexity index is 446. The molecular weight excluding hydrogens is 244 g/mol. The number of pyridine rings is 1. The maximum Gasteiger partial charge on any atom is 0.416 e. The van der Waals surface area contributed by atoms with Gasteiger partial charge in [-0.2, -0.15) is 13.2 Å². The summed E-state index contributed by atoms with van der Waals surface area (Å²) < 4.78 is 57.6. The summed E-state index contributed by atoms with van der Waals surface area (Å²) >= 11 is 0. The van der Waals surface area contributed by atoms with Crippen LogP contribution in [0.5, 0.6) is 0 Å². The van der Waals surface area contributed by atoms with E-state index in [2.05, 4.69) is 10.1 Å². The van der Waals surface area contributed by atoms with Crippen LogP contribution in [-0.4, -0.2) is 43.0 Å². The van der Waals surface area contributed by atoms with Crippen LogP contribution >= 0.6 is 0 Å². The van der Waals surface area contributed by atoms with Crippen molar-refractivity contribution in [3.8, 4) is 0 Å². The van der Waals surface area contributed by atoms with Gasteiger partial charge < -0.3 is 0 Å². The number of hydrogen-bond acceptors (Lipinski definition) is 3. The first kappa shape index (κ1) is 14.8. The van der Waals surface area contributed by atoms with E-state index in [4.69, 9.17) is 0 Å². The second kappa shape index (κ2) is 4.79. The number of nitrogens with zero attached hydrogens (tertiary/aromatic N) is 1. The first-order valence-corrected chi connectivity index (χ1v) is 4.82. The zero-order chi connectivity index (χ0) is 11.0. The molecule has 79 valence electrons. The van der Waals surface area contributed by atoms with Gasteiger partial charge in [0.25, 0.3) is 10.0 Å². The molecule has 1 heterocycles. The number of alkyl halides is 3. The zero-order valence-corrected chi connectivity index (χ0v) is 10.4. The molecule has 0 saturated carbocycles. The van der Waals surface area contributed by atoms with E-state index in [1.807, 2.05) is 0 Å². The van der Waals surface area contributed by atoms with Crippen LogP contribution in [0.1, 0.15) is 5.56 Å². The number of hydrogen-bond donors (Lipinski definition) is 1. The maximum atomic E-state index is 12.1. The smallest absolute Gasteiger partial charge is 0.243 e. The fourth-order valence-electron chi connectivity index (χ4n) is 0.741. The molecule has 1 aromatic rings. The molecule has 0 atom stereocenters. The van der Waals surface area contributed by atoms with Crippen molar-refractivity contribution in [2.24, 2.45) is 5.14 Å². The quantitative estimate of drug-likeness (QED) is 0.730. The van der Waals surface area contributed by atoms with E-state index in [-0.39, 0.29) is 29.6 Å². The fraction of sp³-hybridized carbons (Fsp3) is 0.167. The summed E-state index contributed by atoms with van der Waals surface area (Å²) in [5.41, 5.74) is -1.10. The molecule has 0 amide bonds. The van der Waals surface area contributed by atoms with Gasteiger partial charge >= 0.3 is 6.18 Å². The van der Waals surface area contributed by atoms with E-state index >= 15 is 0 Å². The summed E-state index contributed by atoms with van der Waals surface area (Å²) in [5, 5.41) is 3.81. The van der Waals surface area contributed by atoms with Crippen LogP contribution in [0.25, 0.3) is 0 Å². The van der Waals surface area contributed by atoms with Gasteiger partial charge in [-0.05, 0) is 12.1 Å². The predicted octanol–water partition coefficient (Wildman–Crippen LogP) is 0.367. The van der Waals surface area contributed by atoms with E-state index in [1.165, 1.54) is 0 Å². The molecule has 1 aromatic heterocycles. The first-order valence-electron chi connectivity index (χ1n) is 3.27. The minimum Gasteiger partial charge on any atom is -0.243 e. The van der Waals surface area contributed by atoms with Crippen molar-refractivity contribution in [1.29, 1.82) is 0 Å². The minimum absolute atomic E-state index is 0. The topological polar surface area (TPSA) is 73.1 Å². The van der Waals surface area contributed by atoms with Gasteiger partial charge in [0, 0.05) is 35.8 Å². The van der Waals surface area contributed by atoms with Gasteiger partial charge in [0.15, 0.2) is 5.03 Å². The van der Waals surface area contributed by atoms with Crippen molar-refractivity contribution in [3.63, 3.8) is 0 Å². The summed E-state index contributed by atoms with van der Waals surface area (Å²) in [6.45, 7) is 0. The molecular formula is C6H5F3N2NaO2S. The fourth-order valence-corrected chi connectivity index (χ4v) is 1.24. The number of halogens is 3. The molecule has 0 saturated heterocycles. The van der Waals surface area contributed by atoms with Gasteiger partial charge in [0.1, 0.15) is 0 Å². The summed E-state index contributed by atoms with van der Waals surface area (Å²) in [5.74, 6) is 0. The maximum absolute atomic E-state index is 12.1. The molecule has 0 fully saturated rings. The molecule has 15 heavy (non-hydrogen) atoms. The van der Waals surface area contributed by atoms with Crippen LogP contribution in [0.3, 0.4) is 0 Å². The van der Waals surface area contributed by atoms with Crippen molar-refractivity contribution < 1.29 is 21.6 Å². The average molecular weight is 249 g/mol. The molecule has 0 aromatic carbocycles. The van der Waals surface area contributed by atoms with Crippen LogP contribution in [-0.2, 0) is 16.2 Å². The summed E-state index contributed by atoms with van der Waals surface area (Å²) in [6, 6.07) is 1.05. The molecule has 1 rings (SSSR count). The normalized spacial score (nSPS) is 12.0. The number of rotatable bonds is 1. The van der Waals surface area contributed by atoms with Crippen LogP contribution in [0, 0.1) is 0 Å².